The maximum Gasteiger partial charge on any atom is 0.338 e. The summed E-state index contributed by atoms with van der Waals surface area (Å²) in [5, 5.41) is 0. The number of carbonyl (C=O) groups is 2. The maximum atomic E-state index is 12.9. The Kier molecular flexibility index (Phi) is 5.64. The van der Waals surface area contributed by atoms with Crippen molar-refractivity contribution >= 4 is 11.9 Å². The first-order valence-electron chi connectivity index (χ1n) is 9.40. The highest BCUT2D eigenvalue weighted by atomic mass is 16.6. The quantitative estimate of drug-likeness (QED) is 0.722. The minimum absolute atomic E-state index is 0.122. The molecule has 0 aliphatic heterocycles. The molecule has 1 fully saturated rings. The van der Waals surface area contributed by atoms with Crippen molar-refractivity contribution in [2.24, 2.45) is 5.41 Å². The average Bonchev–Trinajstić information content (AvgIpc) is 3.12. The van der Waals surface area contributed by atoms with Gasteiger partial charge in [0.2, 0.25) is 0 Å². The van der Waals surface area contributed by atoms with Crippen molar-refractivity contribution in [3.05, 3.63) is 71.3 Å². The molecular weight excluding hydrogens is 340 g/mol. The molecule has 1 aliphatic rings. The number of rotatable bonds is 5. The van der Waals surface area contributed by atoms with Crippen molar-refractivity contribution in [2.75, 3.05) is 7.11 Å². The van der Waals surface area contributed by atoms with E-state index in [0.29, 0.717) is 18.4 Å². The van der Waals surface area contributed by atoms with Crippen LogP contribution in [0.5, 0.6) is 0 Å². The Balaban J connectivity index is 1.94. The molecular formula is C23H26O4. The zero-order chi connectivity index (χ0) is 19.4. The molecule has 4 heteroatoms. The van der Waals surface area contributed by atoms with Gasteiger partial charge in [0.05, 0.1) is 12.7 Å². The molecule has 142 valence electrons. The van der Waals surface area contributed by atoms with Gasteiger partial charge in [0.15, 0.2) is 0 Å². The predicted molar refractivity (Wildman–Crippen MR) is 104 cm³/mol. The molecule has 27 heavy (non-hydrogen) atoms. The molecule has 1 saturated carbocycles. The number of hydrogen-bond acceptors (Lipinski definition) is 4. The highest BCUT2D eigenvalue weighted by Gasteiger charge is 2.56. The lowest BCUT2D eigenvalue weighted by Gasteiger charge is -2.37. The van der Waals surface area contributed by atoms with Gasteiger partial charge >= 0.3 is 11.9 Å². The van der Waals surface area contributed by atoms with Crippen molar-refractivity contribution in [3.8, 4) is 0 Å². The summed E-state index contributed by atoms with van der Waals surface area (Å²) in [4.78, 5) is 25.7. The van der Waals surface area contributed by atoms with Crippen LogP contribution in [0.1, 0.15) is 53.6 Å². The predicted octanol–water partition coefficient (Wildman–Crippen LogP) is 4.67. The first-order valence-corrected chi connectivity index (χ1v) is 9.40. The van der Waals surface area contributed by atoms with Gasteiger partial charge in [0.1, 0.15) is 11.5 Å². The van der Waals surface area contributed by atoms with Gasteiger partial charge in [0.25, 0.3) is 0 Å². The van der Waals surface area contributed by atoms with Crippen LogP contribution in [0.2, 0.25) is 0 Å². The zero-order valence-corrected chi connectivity index (χ0v) is 16.1. The first-order chi connectivity index (χ1) is 13.0. The zero-order valence-electron chi connectivity index (χ0n) is 16.1. The van der Waals surface area contributed by atoms with E-state index in [1.807, 2.05) is 62.4 Å². The van der Waals surface area contributed by atoms with E-state index in [-0.39, 0.29) is 17.9 Å². The molecule has 2 aromatic rings. The fraction of sp³-hybridized carbons (Fsp3) is 0.391. The van der Waals surface area contributed by atoms with Crippen LogP contribution in [0.3, 0.4) is 0 Å². The molecule has 4 nitrogen and oxygen atoms in total. The van der Waals surface area contributed by atoms with E-state index in [9.17, 15) is 9.59 Å². The minimum atomic E-state index is -0.867. The van der Waals surface area contributed by atoms with E-state index in [2.05, 4.69) is 0 Å². The molecule has 3 unspecified atom stereocenters. The topological polar surface area (TPSA) is 52.6 Å². The first kappa shape index (κ1) is 19.2. The summed E-state index contributed by atoms with van der Waals surface area (Å²) in [7, 11) is 1.40. The Morgan fingerprint density at radius 2 is 1.74 bits per heavy atom. The number of methoxy groups -OCH3 is 1. The molecule has 0 radical (unpaired) electrons. The van der Waals surface area contributed by atoms with E-state index in [1.165, 1.54) is 7.11 Å². The van der Waals surface area contributed by atoms with Gasteiger partial charge in [-0.25, -0.2) is 4.79 Å². The minimum Gasteiger partial charge on any atom is -0.468 e. The highest BCUT2D eigenvalue weighted by molar-refractivity contribution is 5.91. The van der Waals surface area contributed by atoms with Crippen LogP contribution in [0, 0.1) is 12.3 Å². The van der Waals surface area contributed by atoms with E-state index < -0.39 is 11.5 Å². The Morgan fingerprint density at radius 1 is 1.07 bits per heavy atom. The largest absolute Gasteiger partial charge is 0.468 e. The van der Waals surface area contributed by atoms with E-state index in [4.69, 9.17) is 9.47 Å². The number of ether oxygens (including phenoxy) is 2. The molecule has 0 amide bonds. The molecule has 0 N–H and O–H groups in total. The van der Waals surface area contributed by atoms with Crippen LogP contribution in [-0.4, -0.2) is 25.2 Å². The summed E-state index contributed by atoms with van der Waals surface area (Å²) in [6.07, 6.45) is 1.61. The number of hydrogen-bond donors (Lipinski definition) is 0. The monoisotopic (exact) mass is 366 g/mol. The second-order valence-corrected chi connectivity index (χ2v) is 7.27. The lowest BCUT2D eigenvalue weighted by atomic mass is 9.70. The van der Waals surface area contributed by atoms with Gasteiger partial charge in [-0.05, 0) is 43.4 Å². The second-order valence-electron chi connectivity index (χ2n) is 7.27. The summed E-state index contributed by atoms with van der Waals surface area (Å²) in [5.41, 5.74) is 1.58. The Morgan fingerprint density at radius 3 is 2.41 bits per heavy atom. The van der Waals surface area contributed by atoms with Crippen molar-refractivity contribution < 1.29 is 19.1 Å². The maximum absolute atomic E-state index is 12.9. The highest BCUT2D eigenvalue weighted by Crippen LogP contribution is 2.51. The third-order valence-corrected chi connectivity index (χ3v) is 5.88. The summed E-state index contributed by atoms with van der Waals surface area (Å²) >= 11 is 0. The van der Waals surface area contributed by atoms with Gasteiger partial charge in [-0.3, -0.25) is 4.79 Å². The summed E-state index contributed by atoms with van der Waals surface area (Å²) in [6.45, 7) is 3.90. The van der Waals surface area contributed by atoms with Crippen LogP contribution in [-0.2, 0) is 14.3 Å². The lowest BCUT2D eigenvalue weighted by Crippen LogP contribution is -2.45. The molecule has 2 aromatic carbocycles. The number of carbonyl (C=O) groups excluding carboxylic acids is 2. The molecule has 0 saturated heterocycles. The summed E-state index contributed by atoms with van der Waals surface area (Å²) in [6, 6.07) is 17.2. The van der Waals surface area contributed by atoms with Crippen LogP contribution in [0.4, 0.5) is 0 Å². The lowest BCUT2D eigenvalue weighted by molar-refractivity contribution is -0.160. The molecule has 3 atom stereocenters. The van der Waals surface area contributed by atoms with Gasteiger partial charge in [-0.2, -0.15) is 0 Å². The molecule has 3 rings (SSSR count). The standard InChI is InChI=1S/C23H26O4/c1-16-10-7-8-13-19(16)21(24)27-20-14-9-15-23(20,22(25)26-3)17(2)18-11-5-4-6-12-18/h4-8,10-13,17,20H,9,14-15H2,1-3H3. The molecule has 0 bridgehead atoms. The van der Waals surface area contributed by atoms with Crippen molar-refractivity contribution in [3.63, 3.8) is 0 Å². The van der Waals surface area contributed by atoms with E-state index >= 15 is 0 Å². The third kappa shape index (κ3) is 3.48. The molecule has 0 aromatic heterocycles. The van der Waals surface area contributed by atoms with Gasteiger partial charge in [-0.15, -0.1) is 0 Å². The number of aryl methyl sites for hydroxylation is 1. The third-order valence-electron chi connectivity index (χ3n) is 5.88. The van der Waals surface area contributed by atoms with Gasteiger partial charge in [-0.1, -0.05) is 55.5 Å². The Bertz CT molecular complexity index is 814. The van der Waals surface area contributed by atoms with Gasteiger partial charge < -0.3 is 9.47 Å². The SMILES string of the molecule is COC(=O)C1(C(C)c2ccccc2)CCCC1OC(=O)c1ccccc1C. The second kappa shape index (κ2) is 7.95. The molecule has 1 aliphatic carbocycles. The molecule has 0 heterocycles. The Labute approximate surface area is 160 Å². The van der Waals surface area contributed by atoms with Crippen LogP contribution in [0.15, 0.2) is 54.6 Å². The van der Waals surface area contributed by atoms with Crippen LogP contribution >= 0.6 is 0 Å². The summed E-state index contributed by atoms with van der Waals surface area (Å²) < 4.78 is 11.1. The average molecular weight is 366 g/mol. The molecule has 0 spiro atoms. The van der Waals surface area contributed by atoms with Crippen LogP contribution < -0.4 is 0 Å². The normalized spacial score (nSPS) is 22.9. The van der Waals surface area contributed by atoms with Crippen molar-refractivity contribution in [2.45, 2.75) is 45.1 Å². The van der Waals surface area contributed by atoms with Crippen LogP contribution in [0.25, 0.3) is 0 Å². The van der Waals surface area contributed by atoms with E-state index in [1.54, 1.807) is 6.07 Å². The number of benzene rings is 2. The van der Waals surface area contributed by atoms with Gasteiger partial charge in [0, 0.05) is 5.92 Å². The fourth-order valence-electron chi connectivity index (χ4n) is 4.29. The number of esters is 2. The Hall–Kier alpha value is -2.62. The summed E-state index contributed by atoms with van der Waals surface area (Å²) in [5.74, 6) is -0.809. The van der Waals surface area contributed by atoms with Crippen molar-refractivity contribution in [1.29, 1.82) is 0 Å². The van der Waals surface area contributed by atoms with Crippen molar-refractivity contribution in [1.82, 2.24) is 0 Å². The smallest absolute Gasteiger partial charge is 0.338 e. The van der Waals surface area contributed by atoms with E-state index in [0.717, 1.165) is 17.5 Å². The fourth-order valence-corrected chi connectivity index (χ4v) is 4.29.